The van der Waals surface area contributed by atoms with Crippen molar-refractivity contribution in [3.8, 4) is 0 Å². The van der Waals surface area contributed by atoms with Crippen LogP contribution in [0.1, 0.15) is 16.5 Å². The minimum absolute atomic E-state index is 0.109. The number of methoxy groups -OCH3 is 1. The zero-order chi connectivity index (χ0) is 13.9. The maximum atomic E-state index is 12.4. The lowest BCUT2D eigenvalue weighted by Crippen LogP contribution is -2.20. The molecule has 7 heteroatoms. The molecule has 0 aliphatic heterocycles. The second kappa shape index (κ2) is 5.39. The summed E-state index contributed by atoms with van der Waals surface area (Å²) in [6.07, 6.45) is -4.54. The van der Waals surface area contributed by atoms with E-state index in [4.69, 9.17) is 11.6 Å². The average molecular weight is 281 g/mol. The molecule has 0 bridgehead atoms. The van der Waals surface area contributed by atoms with Crippen molar-refractivity contribution in [3.63, 3.8) is 0 Å². The molecule has 1 aromatic rings. The van der Waals surface area contributed by atoms with Crippen LogP contribution in [-0.4, -0.2) is 18.9 Å². The van der Waals surface area contributed by atoms with Crippen molar-refractivity contribution >= 4 is 23.4 Å². The Morgan fingerprint density at radius 3 is 2.44 bits per heavy atom. The van der Waals surface area contributed by atoms with Gasteiger partial charge in [0.05, 0.1) is 12.7 Å². The van der Waals surface area contributed by atoms with Gasteiger partial charge in [-0.1, -0.05) is 12.1 Å². The van der Waals surface area contributed by atoms with Crippen molar-refractivity contribution in [3.05, 3.63) is 35.4 Å². The van der Waals surface area contributed by atoms with Crippen LogP contribution >= 0.6 is 11.6 Å². The summed E-state index contributed by atoms with van der Waals surface area (Å²) in [6.45, 7) is 0. The quantitative estimate of drug-likeness (QED) is 0.486. The van der Waals surface area contributed by atoms with Crippen molar-refractivity contribution < 1.29 is 27.5 Å². The molecule has 0 saturated carbocycles. The van der Waals surface area contributed by atoms with E-state index in [2.05, 4.69) is 4.74 Å². The van der Waals surface area contributed by atoms with Gasteiger partial charge in [-0.15, -0.1) is 11.6 Å². The Morgan fingerprint density at radius 1 is 1.33 bits per heavy atom. The minimum Gasteiger partial charge on any atom is -0.463 e. The average Bonchev–Trinajstić information content (AvgIpc) is 2.35. The summed E-state index contributed by atoms with van der Waals surface area (Å²) in [5.41, 5.74) is -1.05. The maximum Gasteiger partial charge on any atom is 0.416 e. The number of carbonyl (C=O) groups is 2. The fourth-order valence-electron chi connectivity index (χ4n) is 1.23. The summed E-state index contributed by atoms with van der Waals surface area (Å²) in [4.78, 5) is 22.3. The van der Waals surface area contributed by atoms with E-state index in [1.807, 2.05) is 0 Å². The molecule has 0 heterocycles. The normalized spacial score (nSPS) is 12.9. The first kappa shape index (κ1) is 14.5. The standard InChI is InChI=1S/C11H8ClF3O3/c1-18-10(17)9(16)8(12)6-3-2-4-7(5-6)11(13,14)15/h2-5,8H,1H3. The molecule has 1 atom stereocenters. The Balaban J connectivity index is 3.04. The number of ketones is 1. The van der Waals surface area contributed by atoms with Crippen LogP contribution < -0.4 is 0 Å². The lowest BCUT2D eigenvalue weighted by molar-refractivity contribution is -0.151. The van der Waals surface area contributed by atoms with Crippen molar-refractivity contribution in [2.45, 2.75) is 11.6 Å². The van der Waals surface area contributed by atoms with Gasteiger partial charge < -0.3 is 4.74 Å². The smallest absolute Gasteiger partial charge is 0.416 e. The highest BCUT2D eigenvalue weighted by atomic mass is 35.5. The molecular weight excluding hydrogens is 273 g/mol. The van der Waals surface area contributed by atoms with Gasteiger partial charge in [0.1, 0.15) is 5.38 Å². The van der Waals surface area contributed by atoms with E-state index in [0.717, 1.165) is 25.3 Å². The second-order valence-corrected chi connectivity index (χ2v) is 3.78. The zero-order valence-corrected chi connectivity index (χ0v) is 9.88. The van der Waals surface area contributed by atoms with E-state index in [1.54, 1.807) is 0 Å². The van der Waals surface area contributed by atoms with Gasteiger partial charge in [0.2, 0.25) is 0 Å². The van der Waals surface area contributed by atoms with Gasteiger partial charge in [-0.2, -0.15) is 13.2 Å². The third-order valence-corrected chi connectivity index (χ3v) is 2.57. The summed E-state index contributed by atoms with van der Waals surface area (Å²) in [7, 11) is 0.982. The predicted molar refractivity (Wildman–Crippen MR) is 57.1 cm³/mol. The topological polar surface area (TPSA) is 43.4 Å². The molecule has 0 fully saturated rings. The maximum absolute atomic E-state index is 12.4. The molecule has 0 amide bonds. The Labute approximate surface area is 105 Å². The summed E-state index contributed by atoms with van der Waals surface area (Å²) in [5, 5.41) is -1.50. The van der Waals surface area contributed by atoms with Gasteiger partial charge in [-0.05, 0) is 17.7 Å². The molecule has 0 aromatic heterocycles. The third kappa shape index (κ3) is 3.22. The molecular formula is C11H8ClF3O3. The van der Waals surface area contributed by atoms with Gasteiger partial charge in [-0.3, -0.25) is 4.79 Å². The highest BCUT2D eigenvalue weighted by Gasteiger charge is 2.32. The molecule has 0 spiro atoms. The number of carbonyl (C=O) groups excluding carboxylic acids is 2. The first-order chi connectivity index (χ1) is 8.27. The number of hydrogen-bond donors (Lipinski definition) is 0. The van der Waals surface area contributed by atoms with Crippen molar-refractivity contribution in [2.75, 3.05) is 7.11 Å². The lowest BCUT2D eigenvalue weighted by atomic mass is 10.1. The van der Waals surface area contributed by atoms with E-state index < -0.39 is 28.9 Å². The molecule has 0 N–H and O–H groups in total. The van der Waals surface area contributed by atoms with Crippen LogP contribution in [0.4, 0.5) is 13.2 Å². The van der Waals surface area contributed by atoms with E-state index in [-0.39, 0.29) is 5.56 Å². The lowest BCUT2D eigenvalue weighted by Gasteiger charge is -2.11. The third-order valence-electron chi connectivity index (χ3n) is 2.12. The van der Waals surface area contributed by atoms with Crippen molar-refractivity contribution in [2.24, 2.45) is 0 Å². The number of Topliss-reactive ketones (excluding diaryl/α,β-unsaturated/α-hetero) is 1. The van der Waals surface area contributed by atoms with E-state index in [9.17, 15) is 22.8 Å². The minimum atomic E-state index is -4.54. The van der Waals surface area contributed by atoms with Crippen LogP contribution in [0.3, 0.4) is 0 Å². The molecule has 0 aliphatic rings. The number of alkyl halides is 4. The fourth-order valence-corrected chi connectivity index (χ4v) is 1.45. The number of esters is 1. The SMILES string of the molecule is COC(=O)C(=O)C(Cl)c1cccc(C(F)(F)F)c1. The van der Waals surface area contributed by atoms with Gasteiger partial charge >= 0.3 is 12.1 Å². The zero-order valence-electron chi connectivity index (χ0n) is 9.12. The second-order valence-electron chi connectivity index (χ2n) is 3.34. The highest BCUT2D eigenvalue weighted by molar-refractivity contribution is 6.47. The van der Waals surface area contributed by atoms with Crippen LogP contribution in [0.5, 0.6) is 0 Å². The largest absolute Gasteiger partial charge is 0.463 e. The summed E-state index contributed by atoms with van der Waals surface area (Å²) in [6, 6.07) is 3.90. The summed E-state index contributed by atoms with van der Waals surface area (Å²) >= 11 is 5.63. The van der Waals surface area contributed by atoms with E-state index in [0.29, 0.717) is 0 Å². The van der Waals surface area contributed by atoms with Crippen LogP contribution in [0.15, 0.2) is 24.3 Å². The molecule has 0 radical (unpaired) electrons. The van der Waals surface area contributed by atoms with Crippen LogP contribution in [0, 0.1) is 0 Å². The number of ether oxygens (including phenoxy) is 1. The Kier molecular flexibility index (Phi) is 4.34. The van der Waals surface area contributed by atoms with Gasteiger partial charge in [-0.25, -0.2) is 4.79 Å². The molecule has 98 valence electrons. The number of rotatable bonds is 3. The molecule has 1 aromatic carbocycles. The molecule has 3 nitrogen and oxygen atoms in total. The first-order valence-electron chi connectivity index (χ1n) is 4.70. The van der Waals surface area contributed by atoms with E-state index in [1.165, 1.54) is 6.07 Å². The highest BCUT2D eigenvalue weighted by Crippen LogP contribution is 2.32. The molecule has 0 saturated heterocycles. The Bertz CT molecular complexity index is 471. The molecule has 18 heavy (non-hydrogen) atoms. The van der Waals surface area contributed by atoms with Crippen molar-refractivity contribution in [1.29, 1.82) is 0 Å². The van der Waals surface area contributed by atoms with E-state index >= 15 is 0 Å². The van der Waals surface area contributed by atoms with Gasteiger partial charge in [0.15, 0.2) is 0 Å². The summed E-state index contributed by atoms with van der Waals surface area (Å²) in [5.74, 6) is -2.31. The molecule has 1 unspecified atom stereocenters. The summed E-state index contributed by atoms with van der Waals surface area (Å²) < 4.78 is 41.5. The molecule has 1 rings (SSSR count). The monoisotopic (exact) mass is 280 g/mol. The molecule has 0 aliphatic carbocycles. The van der Waals surface area contributed by atoms with Gasteiger partial charge in [0.25, 0.3) is 5.78 Å². The Morgan fingerprint density at radius 2 is 1.94 bits per heavy atom. The fraction of sp³-hybridized carbons (Fsp3) is 0.273. The van der Waals surface area contributed by atoms with Crippen LogP contribution in [0.25, 0.3) is 0 Å². The predicted octanol–water partition coefficient (Wildman–Crippen LogP) is 2.73. The Hall–Kier alpha value is -1.56. The first-order valence-corrected chi connectivity index (χ1v) is 5.14. The number of halogens is 4. The van der Waals surface area contributed by atoms with Crippen LogP contribution in [0.2, 0.25) is 0 Å². The van der Waals surface area contributed by atoms with Crippen LogP contribution in [-0.2, 0) is 20.5 Å². The number of hydrogen-bond acceptors (Lipinski definition) is 3. The van der Waals surface area contributed by atoms with Gasteiger partial charge in [0, 0.05) is 0 Å². The number of benzene rings is 1. The van der Waals surface area contributed by atoms with Crippen molar-refractivity contribution in [1.82, 2.24) is 0 Å².